The van der Waals surface area contributed by atoms with Gasteiger partial charge >= 0.3 is 5.97 Å². The Balaban J connectivity index is 0.000000199. The third kappa shape index (κ3) is 5.29. The normalized spacial score (nSPS) is 20.4. The largest absolute Gasteiger partial charge is 0.479 e. The molecule has 2 atom stereocenters. The lowest BCUT2D eigenvalue weighted by atomic mass is 10.0. The average molecular weight is 251 g/mol. The summed E-state index contributed by atoms with van der Waals surface area (Å²) >= 11 is 0. The summed E-state index contributed by atoms with van der Waals surface area (Å²) < 4.78 is 0. The van der Waals surface area contributed by atoms with Gasteiger partial charge in [0, 0.05) is 0 Å². The number of aliphatic carboxylic acids is 1. The Morgan fingerprint density at radius 1 is 1.39 bits per heavy atom. The number of piperidine rings is 1. The molecule has 1 fully saturated rings. The van der Waals surface area contributed by atoms with Gasteiger partial charge in [-0.3, -0.25) is 0 Å². The van der Waals surface area contributed by atoms with Crippen molar-refractivity contribution >= 4 is 5.97 Å². The molecule has 1 heterocycles. The molecule has 1 unspecified atom stereocenters. The second-order valence-electron chi connectivity index (χ2n) is 4.60. The number of rotatable bonds is 2. The summed E-state index contributed by atoms with van der Waals surface area (Å²) in [6, 6.07) is 8.26. The van der Waals surface area contributed by atoms with Crippen LogP contribution in [0.2, 0.25) is 0 Å². The molecule has 0 aromatic heterocycles. The second-order valence-corrected chi connectivity index (χ2v) is 4.60. The van der Waals surface area contributed by atoms with Crippen molar-refractivity contribution in [2.75, 3.05) is 13.1 Å². The first kappa shape index (κ1) is 14.7. The first-order chi connectivity index (χ1) is 8.61. The lowest BCUT2D eigenvalue weighted by Gasteiger charge is -2.17. The minimum Gasteiger partial charge on any atom is -0.479 e. The zero-order valence-corrected chi connectivity index (χ0v) is 10.7. The van der Waals surface area contributed by atoms with Crippen molar-refractivity contribution in [1.29, 1.82) is 0 Å². The number of carboxylic acid groups (broad SMARTS) is 1. The van der Waals surface area contributed by atoms with Gasteiger partial charge in [0.1, 0.15) is 0 Å². The third-order valence-corrected chi connectivity index (χ3v) is 2.89. The van der Waals surface area contributed by atoms with E-state index in [1.807, 2.05) is 0 Å². The summed E-state index contributed by atoms with van der Waals surface area (Å²) in [5, 5.41) is 20.7. The van der Waals surface area contributed by atoms with Crippen molar-refractivity contribution in [2.45, 2.75) is 25.9 Å². The van der Waals surface area contributed by atoms with Gasteiger partial charge in [-0.2, -0.15) is 0 Å². The topological polar surface area (TPSA) is 69.6 Å². The summed E-state index contributed by atoms with van der Waals surface area (Å²) in [5.41, 5.74) is 0.403. The molecule has 3 N–H and O–H groups in total. The van der Waals surface area contributed by atoms with Crippen LogP contribution in [0.15, 0.2) is 30.3 Å². The second kappa shape index (κ2) is 7.84. The van der Waals surface area contributed by atoms with Gasteiger partial charge in [-0.05, 0) is 37.4 Å². The first-order valence-corrected chi connectivity index (χ1v) is 6.27. The lowest BCUT2D eigenvalue weighted by Crippen LogP contribution is -2.27. The zero-order valence-electron chi connectivity index (χ0n) is 10.7. The summed E-state index contributed by atoms with van der Waals surface area (Å²) in [4.78, 5) is 10.2. The summed E-state index contributed by atoms with van der Waals surface area (Å²) in [6.45, 7) is 4.77. The van der Waals surface area contributed by atoms with E-state index in [1.54, 1.807) is 30.3 Å². The molecule has 2 rings (SSSR count). The molecule has 18 heavy (non-hydrogen) atoms. The molecule has 100 valence electrons. The van der Waals surface area contributed by atoms with Crippen LogP contribution in [-0.2, 0) is 4.79 Å². The van der Waals surface area contributed by atoms with Crippen molar-refractivity contribution in [3.8, 4) is 0 Å². The fraction of sp³-hybridized carbons (Fsp3) is 0.500. The van der Waals surface area contributed by atoms with Gasteiger partial charge in [0.15, 0.2) is 6.10 Å². The molecule has 0 bridgehead atoms. The predicted molar refractivity (Wildman–Crippen MR) is 70.3 cm³/mol. The maximum atomic E-state index is 10.2. The van der Waals surface area contributed by atoms with Crippen molar-refractivity contribution < 1.29 is 15.0 Å². The lowest BCUT2D eigenvalue weighted by molar-refractivity contribution is -0.146. The Hall–Kier alpha value is -1.39. The Kier molecular flexibility index (Phi) is 6.39. The van der Waals surface area contributed by atoms with Gasteiger partial charge in [0.05, 0.1) is 0 Å². The van der Waals surface area contributed by atoms with Gasteiger partial charge < -0.3 is 15.5 Å². The number of aliphatic hydroxyl groups is 1. The van der Waals surface area contributed by atoms with Crippen molar-refractivity contribution in [3.05, 3.63) is 35.9 Å². The van der Waals surface area contributed by atoms with E-state index in [9.17, 15) is 4.79 Å². The molecule has 0 spiro atoms. The SMILES string of the molecule is C[C@H]1CCCNC1.O=C(O)C(O)c1ccccc1. The highest BCUT2D eigenvalue weighted by Gasteiger charge is 2.14. The van der Waals surface area contributed by atoms with Crippen LogP contribution in [0.25, 0.3) is 0 Å². The molecule has 1 aromatic carbocycles. The molecule has 1 saturated heterocycles. The number of nitrogens with one attached hydrogen (secondary N) is 1. The molecular formula is C14H21NO3. The molecular weight excluding hydrogens is 230 g/mol. The average Bonchev–Trinajstić information content (AvgIpc) is 2.40. The Labute approximate surface area is 108 Å². The van der Waals surface area contributed by atoms with Crippen LogP contribution in [0.4, 0.5) is 0 Å². The van der Waals surface area contributed by atoms with Crippen LogP contribution < -0.4 is 5.32 Å². The van der Waals surface area contributed by atoms with Crippen LogP contribution in [0.5, 0.6) is 0 Å². The Morgan fingerprint density at radius 2 is 2.06 bits per heavy atom. The van der Waals surface area contributed by atoms with Gasteiger partial charge in [0.2, 0.25) is 0 Å². The molecule has 1 aliphatic rings. The summed E-state index contributed by atoms with van der Waals surface area (Å²) in [5.74, 6) is -0.301. The number of hydrogen-bond donors (Lipinski definition) is 3. The number of benzene rings is 1. The van der Waals surface area contributed by atoms with E-state index in [4.69, 9.17) is 10.2 Å². The smallest absolute Gasteiger partial charge is 0.337 e. The molecule has 0 saturated carbocycles. The van der Waals surface area contributed by atoms with Gasteiger partial charge in [-0.15, -0.1) is 0 Å². The first-order valence-electron chi connectivity index (χ1n) is 6.27. The quantitative estimate of drug-likeness (QED) is 0.749. The summed E-state index contributed by atoms with van der Waals surface area (Å²) in [6.07, 6.45) is 1.39. The maximum absolute atomic E-state index is 10.2. The molecule has 1 aromatic rings. The zero-order chi connectivity index (χ0) is 13.4. The van der Waals surface area contributed by atoms with E-state index < -0.39 is 12.1 Å². The minimum atomic E-state index is -1.41. The van der Waals surface area contributed by atoms with Gasteiger partial charge in [-0.25, -0.2) is 4.79 Å². The monoisotopic (exact) mass is 251 g/mol. The molecule has 4 heteroatoms. The number of carboxylic acids is 1. The highest BCUT2D eigenvalue weighted by atomic mass is 16.4. The minimum absolute atomic E-state index is 0.403. The standard InChI is InChI=1S/C8H8O3.C6H13N/c9-7(8(10)11)6-4-2-1-3-5-6;1-6-3-2-4-7-5-6/h1-5,7,9H,(H,10,11);6-7H,2-5H2,1H3/t;6-/m.0/s1. The number of aliphatic hydroxyl groups excluding tert-OH is 1. The Morgan fingerprint density at radius 3 is 2.44 bits per heavy atom. The van der Waals surface area contributed by atoms with E-state index >= 15 is 0 Å². The molecule has 0 aliphatic carbocycles. The van der Waals surface area contributed by atoms with E-state index in [0.29, 0.717) is 5.56 Å². The number of carbonyl (C=O) groups is 1. The van der Waals surface area contributed by atoms with E-state index in [-0.39, 0.29) is 0 Å². The van der Waals surface area contributed by atoms with Crippen LogP contribution >= 0.6 is 0 Å². The number of hydrogen-bond acceptors (Lipinski definition) is 3. The van der Waals surface area contributed by atoms with E-state index in [2.05, 4.69) is 12.2 Å². The highest BCUT2D eigenvalue weighted by molar-refractivity contribution is 5.73. The molecule has 0 amide bonds. The van der Waals surface area contributed by atoms with Crippen molar-refractivity contribution in [2.24, 2.45) is 5.92 Å². The fourth-order valence-electron chi connectivity index (χ4n) is 1.80. The fourth-order valence-corrected chi connectivity index (χ4v) is 1.80. The van der Waals surface area contributed by atoms with Crippen molar-refractivity contribution in [1.82, 2.24) is 5.32 Å². The van der Waals surface area contributed by atoms with Gasteiger partial charge in [-0.1, -0.05) is 37.3 Å². The Bertz CT molecular complexity index is 347. The summed E-state index contributed by atoms with van der Waals surface area (Å²) in [7, 11) is 0. The van der Waals surface area contributed by atoms with Crippen LogP contribution in [0, 0.1) is 5.92 Å². The van der Waals surface area contributed by atoms with Crippen LogP contribution in [-0.4, -0.2) is 29.3 Å². The molecule has 4 nitrogen and oxygen atoms in total. The molecule has 0 radical (unpaired) electrons. The van der Waals surface area contributed by atoms with Crippen LogP contribution in [0.3, 0.4) is 0 Å². The third-order valence-electron chi connectivity index (χ3n) is 2.89. The van der Waals surface area contributed by atoms with E-state index in [0.717, 1.165) is 5.92 Å². The maximum Gasteiger partial charge on any atom is 0.337 e. The van der Waals surface area contributed by atoms with Crippen molar-refractivity contribution in [3.63, 3.8) is 0 Å². The highest BCUT2D eigenvalue weighted by Crippen LogP contribution is 2.11. The predicted octanol–water partition coefficient (Wildman–Crippen LogP) is 1.81. The van der Waals surface area contributed by atoms with E-state index in [1.165, 1.54) is 25.9 Å². The molecule has 1 aliphatic heterocycles. The van der Waals surface area contributed by atoms with Crippen LogP contribution in [0.1, 0.15) is 31.4 Å². The van der Waals surface area contributed by atoms with Gasteiger partial charge in [0.25, 0.3) is 0 Å².